The average molecular weight is 186 g/mol. The second-order valence-electron chi connectivity index (χ2n) is 3.60. The van der Waals surface area contributed by atoms with Crippen molar-refractivity contribution in [2.75, 3.05) is 20.2 Å². The van der Waals surface area contributed by atoms with E-state index >= 15 is 0 Å². The Balaban J connectivity index is 2.45. The van der Waals surface area contributed by atoms with E-state index in [2.05, 4.69) is 9.64 Å². The molecule has 1 heterocycles. The molecule has 4 heteroatoms. The lowest BCUT2D eigenvalue weighted by molar-refractivity contribution is -0.146. The first-order valence-electron chi connectivity index (χ1n) is 4.72. The SMILES string of the molecule is COC(=O)C(C)N1CCCC(N)C1. The summed E-state index contributed by atoms with van der Waals surface area (Å²) in [5.74, 6) is -0.172. The molecule has 0 bridgehead atoms. The van der Waals surface area contributed by atoms with E-state index in [1.54, 1.807) is 0 Å². The van der Waals surface area contributed by atoms with Crippen molar-refractivity contribution < 1.29 is 9.53 Å². The molecule has 1 saturated heterocycles. The van der Waals surface area contributed by atoms with Crippen LogP contribution in [0, 0.1) is 0 Å². The summed E-state index contributed by atoms with van der Waals surface area (Å²) in [7, 11) is 1.42. The number of ether oxygens (including phenoxy) is 1. The Morgan fingerprint density at radius 3 is 2.92 bits per heavy atom. The monoisotopic (exact) mass is 186 g/mol. The van der Waals surface area contributed by atoms with Crippen molar-refractivity contribution >= 4 is 5.97 Å². The standard InChI is InChI=1S/C9H18N2O2/c1-7(9(12)13-2)11-5-3-4-8(10)6-11/h7-8H,3-6,10H2,1-2H3. The van der Waals surface area contributed by atoms with Crippen LogP contribution in [0.5, 0.6) is 0 Å². The zero-order valence-corrected chi connectivity index (χ0v) is 8.32. The van der Waals surface area contributed by atoms with Gasteiger partial charge in [0.2, 0.25) is 0 Å². The van der Waals surface area contributed by atoms with Gasteiger partial charge in [-0.05, 0) is 26.3 Å². The Hall–Kier alpha value is -0.610. The number of hydrogen-bond donors (Lipinski definition) is 1. The van der Waals surface area contributed by atoms with Gasteiger partial charge < -0.3 is 10.5 Å². The van der Waals surface area contributed by atoms with Gasteiger partial charge in [0, 0.05) is 12.6 Å². The number of nitrogens with zero attached hydrogens (tertiary/aromatic N) is 1. The van der Waals surface area contributed by atoms with Gasteiger partial charge in [0.1, 0.15) is 6.04 Å². The highest BCUT2D eigenvalue weighted by atomic mass is 16.5. The van der Waals surface area contributed by atoms with Gasteiger partial charge in [0.15, 0.2) is 0 Å². The number of methoxy groups -OCH3 is 1. The van der Waals surface area contributed by atoms with Crippen molar-refractivity contribution in [1.29, 1.82) is 0 Å². The molecule has 1 aliphatic heterocycles. The van der Waals surface area contributed by atoms with E-state index in [9.17, 15) is 4.79 Å². The fourth-order valence-corrected chi connectivity index (χ4v) is 1.71. The molecule has 4 nitrogen and oxygen atoms in total. The summed E-state index contributed by atoms with van der Waals surface area (Å²) >= 11 is 0. The van der Waals surface area contributed by atoms with E-state index in [1.165, 1.54) is 7.11 Å². The lowest BCUT2D eigenvalue weighted by Gasteiger charge is -2.33. The molecule has 0 radical (unpaired) electrons. The number of carbonyl (C=O) groups excluding carboxylic acids is 1. The number of carbonyl (C=O) groups is 1. The highest BCUT2D eigenvalue weighted by molar-refractivity contribution is 5.75. The summed E-state index contributed by atoms with van der Waals surface area (Å²) < 4.78 is 4.68. The summed E-state index contributed by atoms with van der Waals surface area (Å²) in [6.45, 7) is 3.62. The Morgan fingerprint density at radius 2 is 2.38 bits per heavy atom. The predicted octanol–water partition coefficient (Wildman–Crippen LogP) is -0.0290. The first-order valence-corrected chi connectivity index (χ1v) is 4.72. The number of piperidine rings is 1. The van der Waals surface area contributed by atoms with Gasteiger partial charge >= 0.3 is 5.97 Å². The molecule has 0 aromatic rings. The van der Waals surface area contributed by atoms with E-state index in [0.29, 0.717) is 0 Å². The van der Waals surface area contributed by atoms with Crippen LogP contribution in [0.4, 0.5) is 0 Å². The molecule has 2 atom stereocenters. The molecule has 0 saturated carbocycles. The summed E-state index contributed by atoms with van der Waals surface area (Å²) in [6, 6.07) is 0.0530. The lowest BCUT2D eigenvalue weighted by Crippen LogP contribution is -2.49. The first-order chi connectivity index (χ1) is 6.15. The molecule has 1 fully saturated rings. The Bertz CT molecular complexity index is 184. The van der Waals surface area contributed by atoms with Crippen molar-refractivity contribution in [3.8, 4) is 0 Å². The normalized spacial score (nSPS) is 26.8. The molecule has 2 unspecified atom stereocenters. The molecule has 0 spiro atoms. The molecule has 0 aromatic heterocycles. The van der Waals surface area contributed by atoms with Crippen LogP contribution >= 0.6 is 0 Å². The number of hydrogen-bond acceptors (Lipinski definition) is 4. The van der Waals surface area contributed by atoms with Crippen molar-refractivity contribution in [1.82, 2.24) is 4.90 Å². The smallest absolute Gasteiger partial charge is 0.322 e. The molecule has 1 rings (SSSR count). The van der Waals surface area contributed by atoms with Crippen molar-refractivity contribution in [2.24, 2.45) is 5.73 Å². The van der Waals surface area contributed by atoms with Gasteiger partial charge in [0.05, 0.1) is 7.11 Å². The topological polar surface area (TPSA) is 55.6 Å². The Labute approximate surface area is 79.0 Å². The van der Waals surface area contributed by atoms with E-state index in [4.69, 9.17) is 5.73 Å². The quantitative estimate of drug-likeness (QED) is 0.615. The van der Waals surface area contributed by atoms with Crippen LogP contribution in [0.25, 0.3) is 0 Å². The van der Waals surface area contributed by atoms with E-state index < -0.39 is 0 Å². The van der Waals surface area contributed by atoms with Crippen LogP contribution in [0.3, 0.4) is 0 Å². The van der Waals surface area contributed by atoms with Gasteiger partial charge in [-0.2, -0.15) is 0 Å². The van der Waals surface area contributed by atoms with Gasteiger partial charge in [0.25, 0.3) is 0 Å². The third-order valence-corrected chi connectivity index (χ3v) is 2.58. The molecule has 1 aliphatic rings. The minimum atomic E-state index is -0.172. The van der Waals surface area contributed by atoms with Crippen LogP contribution in [0.2, 0.25) is 0 Å². The highest BCUT2D eigenvalue weighted by Gasteiger charge is 2.25. The molecule has 0 aliphatic carbocycles. The van der Waals surface area contributed by atoms with Crippen LogP contribution in [0.1, 0.15) is 19.8 Å². The number of likely N-dealkylation sites (tertiary alicyclic amines) is 1. The number of rotatable bonds is 2. The van der Waals surface area contributed by atoms with Crippen LogP contribution in [0.15, 0.2) is 0 Å². The van der Waals surface area contributed by atoms with Gasteiger partial charge in [-0.25, -0.2) is 0 Å². The number of esters is 1. The van der Waals surface area contributed by atoms with Crippen LogP contribution < -0.4 is 5.73 Å². The summed E-state index contributed by atoms with van der Waals surface area (Å²) in [6.07, 6.45) is 2.13. The van der Waals surface area contributed by atoms with Crippen molar-refractivity contribution in [2.45, 2.75) is 31.8 Å². The van der Waals surface area contributed by atoms with E-state index in [0.717, 1.165) is 25.9 Å². The molecular weight excluding hydrogens is 168 g/mol. The summed E-state index contributed by atoms with van der Waals surface area (Å²) in [5, 5.41) is 0. The Morgan fingerprint density at radius 1 is 1.69 bits per heavy atom. The predicted molar refractivity (Wildman–Crippen MR) is 50.3 cm³/mol. The molecule has 0 amide bonds. The maximum atomic E-state index is 11.2. The second kappa shape index (κ2) is 4.58. The van der Waals surface area contributed by atoms with Gasteiger partial charge in [-0.1, -0.05) is 0 Å². The number of nitrogens with two attached hydrogens (primary N) is 1. The van der Waals surface area contributed by atoms with Crippen molar-refractivity contribution in [3.05, 3.63) is 0 Å². The minimum absolute atomic E-state index is 0.156. The second-order valence-corrected chi connectivity index (χ2v) is 3.60. The average Bonchev–Trinajstić information content (AvgIpc) is 2.15. The zero-order chi connectivity index (χ0) is 9.84. The third kappa shape index (κ3) is 2.67. The van der Waals surface area contributed by atoms with Crippen molar-refractivity contribution in [3.63, 3.8) is 0 Å². The fourth-order valence-electron chi connectivity index (χ4n) is 1.71. The van der Waals surface area contributed by atoms with E-state index in [1.807, 2.05) is 6.92 Å². The molecule has 13 heavy (non-hydrogen) atoms. The third-order valence-electron chi connectivity index (χ3n) is 2.58. The van der Waals surface area contributed by atoms with Gasteiger partial charge in [-0.15, -0.1) is 0 Å². The highest BCUT2D eigenvalue weighted by Crippen LogP contribution is 2.12. The maximum Gasteiger partial charge on any atom is 0.322 e. The lowest BCUT2D eigenvalue weighted by atomic mass is 10.1. The first kappa shape index (κ1) is 10.5. The molecule has 76 valence electrons. The molecular formula is C9H18N2O2. The fraction of sp³-hybridized carbons (Fsp3) is 0.889. The van der Waals surface area contributed by atoms with Crippen LogP contribution in [-0.2, 0) is 9.53 Å². The van der Waals surface area contributed by atoms with Crippen LogP contribution in [-0.4, -0.2) is 43.2 Å². The summed E-state index contributed by atoms with van der Waals surface area (Å²) in [4.78, 5) is 13.3. The Kier molecular flexibility index (Phi) is 3.69. The largest absolute Gasteiger partial charge is 0.468 e. The van der Waals surface area contributed by atoms with Gasteiger partial charge in [-0.3, -0.25) is 9.69 Å². The zero-order valence-electron chi connectivity index (χ0n) is 8.32. The molecule has 0 aromatic carbocycles. The summed E-state index contributed by atoms with van der Waals surface area (Å²) in [5.41, 5.74) is 5.81. The maximum absolute atomic E-state index is 11.2. The minimum Gasteiger partial charge on any atom is -0.468 e. The van der Waals surface area contributed by atoms with E-state index in [-0.39, 0.29) is 18.1 Å². The molecule has 2 N–H and O–H groups in total.